The molecule has 9 heteroatoms. The van der Waals surface area contributed by atoms with Crippen LogP contribution < -0.4 is 15.0 Å². The lowest BCUT2D eigenvalue weighted by atomic mass is 10.1. The van der Waals surface area contributed by atoms with E-state index in [2.05, 4.69) is 25.2 Å². The normalized spacial score (nSPS) is 17.3. The number of ether oxygens (including phenoxy) is 2. The van der Waals surface area contributed by atoms with Crippen LogP contribution in [0, 0.1) is 6.92 Å². The SMILES string of the molecule is COc1ccc(C(C)NC(=O)C2CN(c3cc(C)nc(-n4ccnc4)n3)CCO2)cc1. The zero-order chi connectivity index (χ0) is 21.8. The van der Waals surface area contributed by atoms with Gasteiger partial charge in [-0.25, -0.2) is 9.97 Å². The van der Waals surface area contributed by atoms with Crippen LogP contribution in [0.5, 0.6) is 5.75 Å². The summed E-state index contributed by atoms with van der Waals surface area (Å²) in [6, 6.07) is 9.42. The van der Waals surface area contributed by atoms with E-state index in [1.54, 1.807) is 30.4 Å². The van der Waals surface area contributed by atoms with Gasteiger partial charge >= 0.3 is 0 Å². The summed E-state index contributed by atoms with van der Waals surface area (Å²) >= 11 is 0. The van der Waals surface area contributed by atoms with E-state index in [4.69, 9.17) is 9.47 Å². The van der Waals surface area contributed by atoms with Gasteiger partial charge in [0.15, 0.2) is 6.10 Å². The average Bonchev–Trinajstić information content (AvgIpc) is 3.34. The van der Waals surface area contributed by atoms with Crippen molar-refractivity contribution in [1.82, 2.24) is 24.8 Å². The van der Waals surface area contributed by atoms with Crippen molar-refractivity contribution in [1.29, 1.82) is 0 Å². The largest absolute Gasteiger partial charge is 0.497 e. The zero-order valence-corrected chi connectivity index (χ0v) is 17.9. The molecule has 0 spiro atoms. The fourth-order valence-electron chi connectivity index (χ4n) is 3.49. The van der Waals surface area contributed by atoms with Gasteiger partial charge in [-0.1, -0.05) is 12.1 Å². The van der Waals surface area contributed by atoms with Crippen molar-refractivity contribution in [3.63, 3.8) is 0 Å². The number of carbonyl (C=O) groups is 1. The zero-order valence-electron chi connectivity index (χ0n) is 17.9. The first-order valence-electron chi connectivity index (χ1n) is 10.2. The van der Waals surface area contributed by atoms with Gasteiger partial charge in [-0.3, -0.25) is 9.36 Å². The number of rotatable bonds is 6. The van der Waals surface area contributed by atoms with Crippen molar-refractivity contribution in [2.45, 2.75) is 26.0 Å². The van der Waals surface area contributed by atoms with Crippen LogP contribution in [0.1, 0.15) is 24.2 Å². The first-order valence-corrected chi connectivity index (χ1v) is 10.2. The lowest BCUT2D eigenvalue weighted by molar-refractivity contribution is -0.134. The number of hydrogen-bond donors (Lipinski definition) is 1. The van der Waals surface area contributed by atoms with Crippen LogP contribution in [-0.4, -0.2) is 58.3 Å². The third-order valence-electron chi connectivity index (χ3n) is 5.22. The predicted octanol–water partition coefficient (Wildman–Crippen LogP) is 2.06. The van der Waals surface area contributed by atoms with Gasteiger partial charge in [0, 0.05) is 30.7 Å². The number of aromatic nitrogens is 4. The van der Waals surface area contributed by atoms with Crippen molar-refractivity contribution in [2.24, 2.45) is 0 Å². The van der Waals surface area contributed by atoms with Crippen molar-refractivity contribution in [3.8, 4) is 11.7 Å². The van der Waals surface area contributed by atoms with Crippen LogP contribution in [-0.2, 0) is 9.53 Å². The third kappa shape index (κ3) is 4.83. The number of anilines is 1. The topological polar surface area (TPSA) is 94.4 Å². The minimum Gasteiger partial charge on any atom is -0.497 e. The molecule has 2 unspecified atom stereocenters. The number of morpholine rings is 1. The van der Waals surface area contributed by atoms with E-state index in [1.807, 2.05) is 44.2 Å². The number of nitrogens with zero attached hydrogens (tertiary/aromatic N) is 5. The third-order valence-corrected chi connectivity index (χ3v) is 5.22. The quantitative estimate of drug-likeness (QED) is 0.650. The molecule has 2 aromatic heterocycles. The molecule has 0 radical (unpaired) electrons. The molecule has 1 aromatic carbocycles. The second kappa shape index (κ2) is 9.13. The summed E-state index contributed by atoms with van der Waals surface area (Å²) in [4.78, 5) is 28.1. The summed E-state index contributed by atoms with van der Waals surface area (Å²) in [7, 11) is 1.63. The number of aryl methyl sites for hydroxylation is 1. The first kappa shape index (κ1) is 20.8. The number of imidazole rings is 1. The van der Waals surface area contributed by atoms with E-state index in [0.29, 0.717) is 25.6 Å². The van der Waals surface area contributed by atoms with Crippen LogP contribution in [0.3, 0.4) is 0 Å². The number of amides is 1. The Hall–Kier alpha value is -3.46. The molecule has 9 nitrogen and oxygen atoms in total. The van der Waals surface area contributed by atoms with Crippen molar-refractivity contribution in [3.05, 3.63) is 60.3 Å². The lowest BCUT2D eigenvalue weighted by Crippen LogP contribution is -2.50. The molecule has 162 valence electrons. The van der Waals surface area contributed by atoms with Crippen molar-refractivity contribution < 1.29 is 14.3 Å². The molecule has 1 fully saturated rings. The van der Waals surface area contributed by atoms with Crippen molar-refractivity contribution in [2.75, 3.05) is 31.7 Å². The maximum absolute atomic E-state index is 12.9. The van der Waals surface area contributed by atoms with Gasteiger partial charge in [-0.2, -0.15) is 4.98 Å². The second-order valence-corrected chi connectivity index (χ2v) is 7.45. The number of nitrogens with one attached hydrogen (secondary N) is 1. The Balaban J connectivity index is 1.44. The molecule has 3 heterocycles. The minimum atomic E-state index is -0.582. The molecular weight excluding hydrogens is 396 g/mol. The highest BCUT2D eigenvalue weighted by molar-refractivity contribution is 5.82. The highest BCUT2D eigenvalue weighted by Gasteiger charge is 2.29. The van der Waals surface area contributed by atoms with E-state index in [-0.39, 0.29) is 11.9 Å². The molecule has 1 aliphatic rings. The van der Waals surface area contributed by atoms with Crippen molar-refractivity contribution >= 4 is 11.7 Å². The van der Waals surface area contributed by atoms with E-state index in [1.165, 1.54) is 0 Å². The molecule has 1 N–H and O–H groups in total. The van der Waals surface area contributed by atoms with Crippen LogP contribution in [0.2, 0.25) is 0 Å². The number of carbonyl (C=O) groups excluding carboxylic acids is 1. The summed E-state index contributed by atoms with van der Waals surface area (Å²) in [5, 5.41) is 3.04. The number of hydrogen-bond acceptors (Lipinski definition) is 7. The Bertz CT molecular complexity index is 1020. The fourth-order valence-corrected chi connectivity index (χ4v) is 3.49. The van der Waals surface area contributed by atoms with Crippen LogP contribution in [0.4, 0.5) is 5.82 Å². The molecule has 0 saturated carbocycles. The Morgan fingerprint density at radius 3 is 2.81 bits per heavy atom. The monoisotopic (exact) mass is 422 g/mol. The van der Waals surface area contributed by atoms with Gasteiger partial charge in [0.2, 0.25) is 5.95 Å². The van der Waals surface area contributed by atoms with Gasteiger partial charge < -0.3 is 19.7 Å². The maximum atomic E-state index is 12.9. The van der Waals surface area contributed by atoms with Gasteiger partial charge in [0.25, 0.3) is 5.91 Å². The predicted molar refractivity (Wildman–Crippen MR) is 115 cm³/mol. The van der Waals surface area contributed by atoms with E-state index in [0.717, 1.165) is 22.8 Å². The Morgan fingerprint density at radius 1 is 1.29 bits per heavy atom. The highest BCUT2D eigenvalue weighted by atomic mass is 16.5. The molecular formula is C22H26N6O3. The fraction of sp³-hybridized carbons (Fsp3) is 0.364. The average molecular weight is 422 g/mol. The van der Waals surface area contributed by atoms with Gasteiger partial charge in [-0.05, 0) is 31.5 Å². The molecule has 1 amide bonds. The van der Waals surface area contributed by atoms with Gasteiger partial charge in [-0.15, -0.1) is 0 Å². The Kier molecular flexibility index (Phi) is 6.13. The molecule has 1 saturated heterocycles. The number of methoxy groups -OCH3 is 1. The highest BCUT2D eigenvalue weighted by Crippen LogP contribution is 2.20. The van der Waals surface area contributed by atoms with Gasteiger partial charge in [0.05, 0.1) is 26.3 Å². The summed E-state index contributed by atoms with van der Waals surface area (Å²) in [6.07, 6.45) is 4.56. The van der Waals surface area contributed by atoms with Gasteiger partial charge in [0.1, 0.15) is 17.9 Å². The summed E-state index contributed by atoms with van der Waals surface area (Å²) in [5.74, 6) is 1.95. The second-order valence-electron chi connectivity index (χ2n) is 7.45. The van der Waals surface area contributed by atoms with Crippen LogP contribution >= 0.6 is 0 Å². The van der Waals surface area contributed by atoms with E-state index >= 15 is 0 Å². The Morgan fingerprint density at radius 2 is 2.10 bits per heavy atom. The lowest BCUT2D eigenvalue weighted by Gasteiger charge is -2.33. The number of benzene rings is 1. The van der Waals surface area contributed by atoms with Crippen LogP contribution in [0.25, 0.3) is 5.95 Å². The summed E-state index contributed by atoms with van der Waals surface area (Å²) in [5.41, 5.74) is 1.84. The maximum Gasteiger partial charge on any atom is 0.251 e. The van der Waals surface area contributed by atoms with Crippen LogP contribution in [0.15, 0.2) is 49.1 Å². The Labute approximate surface area is 181 Å². The standard InChI is InChI=1S/C22H26N6O3/c1-15-12-20(26-22(24-15)28-9-8-23-14-28)27-10-11-31-19(13-27)21(29)25-16(2)17-4-6-18(30-3)7-5-17/h4-9,12,14,16,19H,10-11,13H2,1-3H3,(H,25,29). The molecule has 0 aliphatic carbocycles. The van der Waals surface area contributed by atoms with E-state index < -0.39 is 6.10 Å². The minimum absolute atomic E-state index is 0.145. The molecule has 2 atom stereocenters. The van der Waals surface area contributed by atoms with E-state index in [9.17, 15) is 4.79 Å². The molecule has 31 heavy (non-hydrogen) atoms. The smallest absolute Gasteiger partial charge is 0.251 e. The molecule has 0 bridgehead atoms. The summed E-state index contributed by atoms with van der Waals surface area (Å²) < 4.78 is 12.7. The molecule has 1 aliphatic heterocycles. The summed E-state index contributed by atoms with van der Waals surface area (Å²) in [6.45, 7) is 5.38. The first-order chi connectivity index (χ1) is 15.0. The molecule has 3 aromatic rings. The molecule has 4 rings (SSSR count).